The van der Waals surface area contributed by atoms with E-state index >= 15 is 0 Å². The van der Waals surface area contributed by atoms with Gasteiger partial charge in [-0.2, -0.15) is 0 Å². The van der Waals surface area contributed by atoms with Crippen molar-refractivity contribution in [2.24, 2.45) is 29.6 Å². The summed E-state index contributed by atoms with van der Waals surface area (Å²) in [4.78, 5) is 19.1. The van der Waals surface area contributed by atoms with Gasteiger partial charge in [0.1, 0.15) is 0 Å². The summed E-state index contributed by atoms with van der Waals surface area (Å²) in [6.45, 7) is 1.29. The van der Waals surface area contributed by atoms with Crippen molar-refractivity contribution in [1.29, 1.82) is 0 Å². The molecule has 5 unspecified atom stereocenters. The first-order chi connectivity index (χ1) is 10.0. The van der Waals surface area contributed by atoms with Crippen LogP contribution in [0.1, 0.15) is 32.1 Å². The predicted molar refractivity (Wildman–Crippen MR) is 78.9 cm³/mol. The molecule has 3 aliphatic rings. The Morgan fingerprint density at radius 1 is 1.05 bits per heavy atom. The zero-order valence-electron chi connectivity index (χ0n) is 12.5. The van der Waals surface area contributed by atoms with Gasteiger partial charge in [-0.1, -0.05) is 0 Å². The predicted octanol–water partition coefficient (Wildman–Crippen LogP) is 1.99. The van der Waals surface area contributed by atoms with Gasteiger partial charge in [-0.15, -0.1) is 0 Å². The highest BCUT2D eigenvalue weighted by Crippen LogP contribution is 2.57. The summed E-state index contributed by atoms with van der Waals surface area (Å²) in [5, 5.41) is 19.0. The molecule has 3 bridgehead atoms. The van der Waals surface area contributed by atoms with Crippen LogP contribution in [0, 0.1) is 29.6 Å². The normalized spacial score (nSPS) is 36.3. The van der Waals surface area contributed by atoms with Gasteiger partial charge in [0.05, 0.1) is 0 Å². The van der Waals surface area contributed by atoms with Crippen LogP contribution in [0.3, 0.4) is 0 Å². The number of fused-ring (bicyclic) bond motifs is 2. The van der Waals surface area contributed by atoms with Crippen LogP contribution in [-0.4, -0.2) is 35.7 Å². The second kappa shape index (κ2) is 7.07. The molecule has 0 aliphatic heterocycles. The van der Waals surface area contributed by atoms with Crippen LogP contribution in [-0.2, 0) is 9.59 Å². The van der Waals surface area contributed by atoms with Gasteiger partial charge in [-0.3, -0.25) is 0 Å². The number of carboxylic acid groups (broad SMARTS) is 2. The molecule has 0 heterocycles. The molecule has 0 aromatic carbocycles. The molecule has 5 atom stereocenters. The number of hydrogen-bond donors (Lipinski definition) is 3. The maximum Gasteiger partial charge on any atom is 0.328 e. The van der Waals surface area contributed by atoms with E-state index in [-0.39, 0.29) is 0 Å². The van der Waals surface area contributed by atoms with Crippen LogP contribution in [0.25, 0.3) is 0 Å². The highest BCUT2D eigenvalue weighted by Gasteiger charge is 2.49. The third-order valence-corrected chi connectivity index (χ3v) is 5.36. The molecule has 3 rings (SSSR count). The van der Waals surface area contributed by atoms with Gasteiger partial charge < -0.3 is 15.5 Å². The molecule has 118 valence electrons. The van der Waals surface area contributed by atoms with Crippen LogP contribution in [0.5, 0.6) is 0 Å². The number of aliphatic carboxylic acids is 2. The summed E-state index contributed by atoms with van der Waals surface area (Å²) in [6.07, 6.45) is 8.95. The van der Waals surface area contributed by atoms with Crippen molar-refractivity contribution in [2.75, 3.05) is 13.6 Å². The van der Waals surface area contributed by atoms with Crippen LogP contribution in [0.4, 0.5) is 0 Å². The largest absolute Gasteiger partial charge is 0.478 e. The molecule has 3 saturated carbocycles. The van der Waals surface area contributed by atoms with E-state index in [9.17, 15) is 9.59 Å². The minimum Gasteiger partial charge on any atom is -0.478 e. The smallest absolute Gasteiger partial charge is 0.328 e. The van der Waals surface area contributed by atoms with E-state index in [1.807, 2.05) is 0 Å². The summed E-state index contributed by atoms with van der Waals surface area (Å²) >= 11 is 0. The second-order valence-electron chi connectivity index (χ2n) is 6.57. The Labute approximate surface area is 125 Å². The molecular formula is C16H25NO4. The van der Waals surface area contributed by atoms with Crippen LogP contribution >= 0.6 is 0 Å². The van der Waals surface area contributed by atoms with E-state index in [0.29, 0.717) is 12.2 Å². The monoisotopic (exact) mass is 295 g/mol. The molecule has 0 aromatic heterocycles. The molecule has 0 saturated heterocycles. The highest BCUT2D eigenvalue weighted by molar-refractivity contribution is 5.89. The molecule has 0 amide bonds. The first kappa shape index (κ1) is 16.0. The molecule has 3 aliphatic carbocycles. The zero-order valence-corrected chi connectivity index (χ0v) is 12.5. The first-order valence-corrected chi connectivity index (χ1v) is 7.79. The van der Waals surface area contributed by atoms with Gasteiger partial charge in [0.25, 0.3) is 0 Å². The Morgan fingerprint density at radius 2 is 1.62 bits per heavy atom. The molecular weight excluding hydrogens is 270 g/mol. The third kappa shape index (κ3) is 4.06. The number of carbonyl (C=O) groups is 2. The van der Waals surface area contributed by atoms with E-state index < -0.39 is 11.9 Å². The van der Waals surface area contributed by atoms with E-state index in [1.165, 1.54) is 6.54 Å². The first-order valence-electron chi connectivity index (χ1n) is 7.79. The molecule has 0 radical (unpaired) electrons. The Hall–Kier alpha value is -1.36. The minimum atomic E-state index is -1.26. The van der Waals surface area contributed by atoms with Crippen molar-refractivity contribution in [2.45, 2.75) is 32.1 Å². The third-order valence-electron chi connectivity index (χ3n) is 5.36. The summed E-state index contributed by atoms with van der Waals surface area (Å²) in [5.41, 5.74) is 0. The molecule has 5 nitrogen and oxygen atoms in total. The van der Waals surface area contributed by atoms with Gasteiger partial charge >= 0.3 is 11.9 Å². The lowest BCUT2D eigenvalue weighted by atomic mass is 9.64. The maximum atomic E-state index is 9.55. The summed E-state index contributed by atoms with van der Waals surface area (Å²) in [5.74, 6) is 3.00. The molecule has 0 spiro atoms. The molecule has 0 aromatic rings. The Balaban J connectivity index is 0.000000177. The van der Waals surface area contributed by atoms with Crippen LogP contribution in [0.15, 0.2) is 12.2 Å². The number of nitrogens with one attached hydrogen (secondary N) is 1. The van der Waals surface area contributed by atoms with E-state index in [2.05, 4.69) is 12.4 Å². The van der Waals surface area contributed by atoms with Gasteiger partial charge in [-0.05, 0) is 75.3 Å². The fourth-order valence-electron chi connectivity index (χ4n) is 4.73. The average Bonchev–Trinajstić information content (AvgIpc) is 2.64. The molecule has 21 heavy (non-hydrogen) atoms. The van der Waals surface area contributed by atoms with E-state index in [1.54, 1.807) is 32.1 Å². The lowest BCUT2D eigenvalue weighted by molar-refractivity contribution is -0.134. The minimum absolute atomic E-state index is 0.558. The van der Waals surface area contributed by atoms with Gasteiger partial charge in [0, 0.05) is 12.2 Å². The van der Waals surface area contributed by atoms with Gasteiger partial charge in [-0.25, -0.2) is 9.59 Å². The molecule has 5 heteroatoms. The highest BCUT2D eigenvalue weighted by atomic mass is 16.4. The Kier molecular flexibility index (Phi) is 5.39. The molecule has 3 N–H and O–H groups in total. The number of carboxylic acids is 2. The van der Waals surface area contributed by atoms with Crippen molar-refractivity contribution in [3.05, 3.63) is 12.2 Å². The average molecular weight is 295 g/mol. The van der Waals surface area contributed by atoms with Gasteiger partial charge in [0.15, 0.2) is 0 Å². The van der Waals surface area contributed by atoms with Crippen molar-refractivity contribution < 1.29 is 19.8 Å². The fraction of sp³-hybridized carbons (Fsp3) is 0.750. The summed E-state index contributed by atoms with van der Waals surface area (Å²) in [6, 6.07) is 0. The SMILES string of the molecule is CNCC1C2CCC3CC(C2)CC31.O=C(O)C=CC(=O)O. The zero-order chi connectivity index (χ0) is 15.4. The maximum absolute atomic E-state index is 9.55. The van der Waals surface area contributed by atoms with Crippen molar-refractivity contribution in [3.63, 3.8) is 0 Å². The second-order valence-corrected chi connectivity index (χ2v) is 6.57. The Bertz CT molecular complexity index is 405. The summed E-state index contributed by atoms with van der Waals surface area (Å²) < 4.78 is 0. The lowest BCUT2D eigenvalue weighted by Crippen LogP contribution is -2.39. The number of rotatable bonds is 4. The van der Waals surface area contributed by atoms with Crippen molar-refractivity contribution in [3.8, 4) is 0 Å². The Morgan fingerprint density at radius 3 is 2.19 bits per heavy atom. The van der Waals surface area contributed by atoms with Crippen LogP contribution < -0.4 is 5.32 Å². The van der Waals surface area contributed by atoms with E-state index in [4.69, 9.17) is 10.2 Å². The topological polar surface area (TPSA) is 86.6 Å². The van der Waals surface area contributed by atoms with Gasteiger partial charge in [0.2, 0.25) is 0 Å². The lowest BCUT2D eigenvalue weighted by Gasteiger charge is -2.42. The van der Waals surface area contributed by atoms with Crippen LogP contribution in [0.2, 0.25) is 0 Å². The fourth-order valence-corrected chi connectivity index (χ4v) is 4.73. The van der Waals surface area contributed by atoms with Crippen molar-refractivity contribution >= 4 is 11.9 Å². The molecule has 3 fully saturated rings. The summed E-state index contributed by atoms with van der Waals surface area (Å²) in [7, 11) is 2.12. The van der Waals surface area contributed by atoms with Crippen molar-refractivity contribution in [1.82, 2.24) is 5.32 Å². The standard InChI is InChI=1S/C12H21N.C4H4O4/c1-13-7-12-10-3-2-9-4-8(5-10)6-11(9)12;5-3(6)1-2-4(7)8/h8-13H,2-7H2,1H3;1-2H,(H,5,6)(H,7,8). The number of hydrogen-bond acceptors (Lipinski definition) is 3. The quantitative estimate of drug-likeness (QED) is 0.690. The van der Waals surface area contributed by atoms with E-state index in [0.717, 1.165) is 29.6 Å².